The average Bonchev–Trinajstić information content (AvgIpc) is 2.91. The minimum absolute atomic E-state index is 0.699. The average molecular weight is 367 g/mol. The van der Waals surface area contributed by atoms with Crippen LogP contribution in [0.3, 0.4) is 0 Å². The molecule has 0 bridgehead atoms. The first-order valence-electron chi connectivity index (χ1n) is 8.91. The number of aromatic nitrogens is 2. The van der Waals surface area contributed by atoms with Crippen molar-refractivity contribution in [2.45, 2.75) is 20.4 Å². The second-order valence-corrected chi connectivity index (χ2v) is 6.53. The largest absolute Gasteiger partial charge is 0.496 e. The molecule has 5 heteroatoms. The van der Waals surface area contributed by atoms with Gasteiger partial charge in [0, 0.05) is 26.0 Å². The van der Waals surface area contributed by atoms with Crippen LogP contribution >= 0.6 is 0 Å². The van der Waals surface area contributed by atoms with Crippen LogP contribution in [0.25, 0.3) is 11.4 Å². The highest BCUT2D eigenvalue weighted by atomic mass is 16.5. The molecule has 0 unspecified atom stereocenters. The number of rotatable bonds is 6. The lowest BCUT2D eigenvalue weighted by Gasteiger charge is -2.14. The molecule has 0 radical (unpaired) electrons. The predicted molar refractivity (Wildman–Crippen MR) is 106 cm³/mol. The summed E-state index contributed by atoms with van der Waals surface area (Å²) < 4.78 is 21.3. The second kappa shape index (κ2) is 7.74. The first kappa shape index (κ1) is 18.8. The van der Waals surface area contributed by atoms with Crippen LogP contribution in [0.5, 0.6) is 17.2 Å². The molecule has 0 saturated carbocycles. The summed E-state index contributed by atoms with van der Waals surface area (Å²) in [5.41, 5.74) is 4.55. The minimum Gasteiger partial charge on any atom is -0.496 e. The SMILES string of the molecule is COc1cc(OC)c(-c2n(C)c(C)c(C)[n+]2Cc2ccccc2)c(OC)c1. The van der Waals surface area contributed by atoms with Crippen LogP contribution < -0.4 is 18.8 Å². The Morgan fingerprint density at radius 2 is 1.48 bits per heavy atom. The molecule has 1 aromatic heterocycles. The first-order chi connectivity index (χ1) is 13.0. The molecule has 0 aliphatic carbocycles. The van der Waals surface area contributed by atoms with Crippen molar-refractivity contribution in [3.05, 3.63) is 59.4 Å². The zero-order valence-corrected chi connectivity index (χ0v) is 16.9. The molecule has 2 aromatic carbocycles. The van der Waals surface area contributed by atoms with Crippen molar-refractivity contribution in [2.75, 3.05) is 21.3 Å². The Hall–Kier alpha value is -2.95. The van der Waals surface area contributed by atoms with Crippen molar-refractivity contribution in [1.29, 1.82) is 0 Å². The highest BCUT2D eigenvalue weighted by Crippen LogP contribution is 2.41. The van der Waals surface area contributed by atoms with E-state index < -0.39 is 0 Å². The highest BCUT2D eigenvalue weighted by molar-refractivity contribution is 5.73. The topological polar surface area (TPSA) is 36.5 Å². The van der Waals surface area contributed by atoms with E-state index in [0.29, 0.717) is 17.2 Å². The Morgan fingerprint density at radius 1 is 0.889 bits per heavy atom. The van der Waals surface area contributed by atoms with Gasteiger partial charge in [-0.3, -0.25) is 0 Å². The molecule has 0 atom stereocenters. The van der Waals surface area contributed by atoms with Gasteiger partial charge >= 0.3 is 0 Å². The lowest BCUT2D eigenvalue weighted by Crippen LogP contribution is -2.38. The predicted octanol–water partition coefficient (Wildman–Crippen LogP) is 3.67. The van der Waals surface area contributed by atoms with Gasteiger partial charge < -0.3 is 14.2 Å². The molecular formula is C22H27N2O3+. The van der Waals surface area contributed by atoms with Crippen molar-refractivity contribution < 1.29 is 18.8 Å². The summed E-state index contributed by atoms with van der Waals surface area (Å²) in [6, 6.07) is 14.2. The van der Waals surface area contributed by atoms with E-state index in [1.54, 1.807) is 21.3 Å². The molecule has 0 fully saturated rings. The molecule has 142 valence electrons. The van der Waals surface area contributed by atoms with Crippen LogP contribution in [0.4, 0.5) is 0 Å². The summed E-state index contributed by atoms with van der Waals surface area (Å²) >= 11 is 0. The molecule has 0 spiro atoms. The summed E-state index contributed by atoms with van der Waals surface area (Å²) in [6.07, 6.45) is 0. The van der Waals surface area contributed by atoms with E-state index in [2.05, 4.69) is 54.3 Å². The summed E-state index contributed by atoms with van der Waals surface area (Å²) in [5, 5.41) is 0. The molecule has 0 amide bonds. The molecule has 0 aliphatic heterocycles. The van der Waals surface area contributed by atoms with Gasteiger partial charge in [0.05, 0.1) is 28.4 Å². The Labute approximate surface area is 160 Å². The summed E-state index contributed by atoms with van der Waals surface area (Å²) in [4.78, 5) is 0. The maximum atomic E-state index is 5.71. The van der Waals surface area contributed by atoms with E-state index in [1.165, 1.54) is 17.0 Å². The first-order valence-corrected chi connectivity index (χ1v) is 8.91. The normalized spacial score (nSPS) is 10.7. The third kappa shape index (κ3) is 3.37. The van der Waals surface area contributed by atoms with Crippen LogP contribution in [-0.4, -0.2) is 25.9 Å². The molecule has 0 aliphatic rings. The van der Waals surface area contributed by atoms with Gasteiger partial charge in [0.25, 0.3) is 5.82 Å². The van der Waals surface area contributed by atoms with Crippen LogP contribution in [0.15, 0.2) is 42.5 Å². The molecule has 0 saturated heterocycles. The van der Waals surface area contributed by atoms with E-state index in [-0.39, 0.29) is 0 Å². The van der Waals surface area contributed by atoms with E-state index in [0.717, 1.165) is 17.9 Å². The van der Waals surface area contributed by atoms with Gasteiger partial charge in [-0.25, -0.2) is 9.13 Å². The van der Waals surface area contributed by atoms with Gasteiger partial charge in [-0.15, -0.1) is 0 Å². The zero-order valence-electron chi connectivity index (χ0n) is 16.9. The van der Waals surface area contributed by atoms with Gasteiger partial charge in [0.15, 0.2) is 0 Å². The third-order valence-corrected chi connectivity index (χ3v) is 5.13. The number of methoxy groups -OCH3 is 3. The van der Waals surface area contributed by atoms with Crippen LogP contribution in [-0.2, 0) is 13.6 Å². The maximum absolute atomic E-state index is 5.71. The standard InChI is InChI=1S/C22H27N2O3/c1-15-16(2)24(14-17-10-8-7-9-11-17)22(23(15)3)21-19(26-5)12-18(25-4)13-20(21)27-6/h7-13H,14H2,1-6H3/q+1. The maximum Gasteiger partial charge on any atom is 0.297 e. The molecular weight excluding hydrogens is 340 g/mol. The third-order valence-electron chi connectivity index (χ3n) is 5.13. The fourth-order valence-corrected chi connectivity index (χ4v) is 3.42. The van der Waals surface area contributed by atoms with E-state index in [4.69, 9.17) is 14.2 Å². The van der Waals surface area contributed by atoms with Crippen molar-refractivity contribution in [1.82, 2.24) is 4.57 Å². The summed E-state index contributed by atoms with van der Waals surface area (Å²) in [7, 11) is 7.05. The smallest absolute Gasteiger partial charge is 0.297 e. The Bertz CT molecular complexity index is 921. The van der Waals surface area contributed by atoms with Gasteiger partial charge in [-0.1, -0.05) is 30.3 Å². The quantitative estimate of drug-likeness (QED) is 0.624. The van der Waals surface area contributed by atoms with Crippen molar-refractivity contribution in [3.8, 4) is 28.6 Å². The van der Waals surface area contributed by atoms with Crippen LogP contribution in [0.2, 0.25) is 0 Å². The monoisotopic (exact) mass is 367 g/mol. The molecule has 1 heterocycles. The summed E-state index contributed by atoms with van der Waals surface area (Å²) in [5.74, 6) is 3.16. The number of hydrogen-bond donors (Lipinski definition) is 0. The number of benzene rings is 2. The van der Waals surface area contributed by atoms with E-state index in [9.17, 15) is 0 Å². The number of hydrogen-bond acceptors (Lipinski definition) is 3. The highest BCUT2D eigenvalue weighted by Gasteiger charge is 2.31. The van der Waals surface area contributed by atoms with Gasteiger partial charge in [0.2, 0.25) is 0 Å². The molecule has 0 N–H and O–H groups in total. The minimum atomic E-state index is 0.699. The molecule has 3 rings (SSSR count). The van der Waals surface area contributed by atoms with E-state index in [1.807, 2.05) is 18.2 Å². The van der Waals surface area contributed by atoms with Gasteiger partial charge in [0.1, 0.15) is 40.7 Å². The van der Waals surface area contributed by atoms with Gasteiger partial charge in [-0.2, -0.15) is 0 Å². The summed E-state index contributed by atoms with van der Waals surface area (Å²) in [6.45, 7) is 5.04. The Kier molecular flexibility index (Phi) is 5.40. The van der Waals surface area contributed by atoms with Crippen molar-refractivity contribution >= 4 is 0 Å². The fraction of sp³-hybridized carbons (Fsp3) is 0.318. The van der Waals surface area contributed by atoms with Crippen molar-refractivity contribution in [2.24, 2.45) is 7.05 Å². The van der Waals surface area contributed by atoms with Gasteiger partial charge in [-0.05, 0) is 5.56 Å². The Balaban J connectivity index is 2.27. The lowest BCUT2D eigenvalue weighted by atomic mass is 10.1. The number of nitrogens with zero attached hydrogens (tertiary/aromatic N) is 2. The number of ether oxygens (including phenoxy) is 3. The van der Waals surface area contributed by atoms with Crippen LogP contribution in [0.1, 0.15) is 17.0 Å². The molecule has 5 nitrogen and oxygen atoms in total. The van der Waals surface area contributed by atoms with Crippen molar-refractivity contribution in [3.63, 3.8) is 0 Å². The Morgan fingerprint density at radius 3 is 2.00 bits per heavy atom. The fourth-order valence-electron chi connectivity index (χ4n) is 3.42. The lowest BCUT2D eigenvalue weighted by molar-refractivity contribution is -0.682. The molecule has 27 heavy (non-hydrogen) atoms. The molecule has 3 aromatic rings. The number of imidazole rings is 1. The second-order valence-electron chi connectivity index (χ2n) is 6.53. The van der Waals surface area contributed by atoms with E-state index >= 15 is 0 Å². The van der Waals surface area contributed by atoms with Crippen LogP contribution in [0, 0.1) is 13.8 Å². The zero-order chi connectivity index (χ0) is 19.6.